The lowest BCUT2D eigenvalue weighted by Crippen LogP contribution is -2.25. The molecule has 7 heteroatoms. The predicted molar refractivity (Wildman–Crippen MR) is 101 cm³/mol. The molecule has 0 spiro atoms. The van der Waals surface area contributed by atoms with Gasteiger partial charge in [0, 0.05) is 12.6 Å². The minimum Gasteiger partial charge on any atom is -0.493 e. The molecule has 0 bridgehead atoms. The molecule has 1 aliphatic rings. The lowest BCUT2D eigenvalue weighted by atomic mass is 10.1. The summed E-state index contributed by atoms with van der Waals surface area (Å²) in [5.41, 5.74) is 1.99. The number of hydrogen-bond acceptors (Lipinski definition) is 6. The Hall–Kier alpha value is -2.93. The molecule has 1 fully saturated rings. The van der Waals surface area contributed by atoms with Gasteiger partial charge in [0.2, 0.25) is 0 Å². The van der Waals surface area contributed by atoms with Crippen LogP contribution in [-0.2, 0) is 6.54 Å². The molecule has 0 atom stereocenters. The van der Waals surface area contributed by atoms with Crippen LogP contribution in [-0.4, -0.2) is 33.4 Å². The van der Waals surface area contributed by atoms with Gasteiger partial charge in [0.15, 0.2) is 11.5 Å². The Balaban J connectivity index is 1.50. The van der Waals surface area contributed by atoms with Crippen LogP contribution in [0.1, 0.15) is 31.2 Å². The van der Waals surface area contributed by atoms with Crippen LogP contribution in [0.2, 0.25) is 0 Å². The van der Waals surface area contributed by atoms with E-state index in [4.69, 9.17) is 9.47 Å². The summed E-state index contributed by atoms with van der Waals surface area (Å²) in [7, 11) is 1.64. The first-order valence-corrected chi connectivity index (χ1v) is 9.25. The first-order valence-electron chi connectivity index (χ1n) is 9.25. The van der Waals surface area contributed by atoms with Crippen molar-refractivity contribution in [2.24, 2.45) is 0 Å². The lowest BCUT2D eigenvalue weighted by Gasteiger charge is -2.14. The molecule has 1 aliphatic carbocycles. The van der Waals surface area contributed by atoms with Crippen LogP contribution >= 0.6 is 0 Å². The Morgan fingerprint density at radius 1 is 1.07 bits per heavy atom. The number of nitrogens with one attached hydrogen (secondary N) is 1. The molecular formula is C20H23N5O2. The molecule has 1 heterocycles. The largest absolute Gasteiger partial charge is 0.493 e. The van der Waals surface area contributed by atoms with Crippen molar-refractivity contribution in [3.8, 4) is 23.2 Å². The summed E-state index contributed by atoms with van der Waals surface area (Å²) in [6.45, 7) is 0.822. The summed E-state index contributed by atoms with van der Waals surface area (Å²) < 4.78 is 13.0. The Kier molecular flexibility index (Phi) is 5.29. The van der Waals surface area contributed by atoms with Gasteiger partial charge in [-0.1, -0.05) is 42.2 Å². The average molecular weight is 365 g/mol. The van der Waals surface area contributed by atoms with E-state index >= 15 is 0 Å². The first-order chi connectivity index (χ1) is 13.3. The van der Waals surface area contributed by atoms with E-state index in [1.807, 2.05) is 48.5 Å². The molecule has 0 radical (unpaired) electrons. The molecule has 2 aromatic carbocycles. The minimum absolute atomic E-state index is 0.288. The number of aromatic nitrogens is 4. The Labute approximate surface area is 158 Å². The predicted octanol–water partition coefficient (Wildman–Crippen LogP) is 3.50. The van der Waals surface area contributed by atoms with Gasteiger partial charge < -0.3 is 14.8 Å². The van der Waals surface area contributed by atoms with Crippen LogP contribution in [0.5, 0.6) is 17.5 Å². The zero-order valence-electron chi connectivity index (χ0n) is 15.3. The third kappa shape index (κ3) is 4.09. The highest BCUT2D eigenvalue weighted by Crippen LogP contribution is 2.32. The number of rotatable bonds is 7. The van der Waals surface area contributed by atoms with Crippen molar-refractivity contribution in [1.29, 1.82) is 0 Å². The summed E-state index contributed by atoms with van der Waals surface area (Å²) in [5, 5.41) is 15.3. The number of benzene rings is 2. The standard InChI is InChI=1S/C20H23N5O2/c1-26-19-13-15(14-21-16-7-5-6-8-16)11-12-18(19)27-20-22-23-24-25(20)17-9-3-2-4-10-17/h2-4,9-13,16,21H,5-8,14H2,1H3. The number of para-hydroxylation sites is 1. The summed E-state index contributed by atoms with van der Waals surface area (Å²) in [6.07, 6.45) is 5.18. The van der Waals surface area contributed by atoms with Crippen molar-refractivity contribution in [1.82, 2.24) is 25.5 Å². The quantitative estimate of drug-likeness (QED) is 0.691. The van der Waals surface area contributed by atoms with Crippen LogP contribution in [0, 0.1) is 0 Å². The van der Waals surface area contributed by atoms with Crippen LogP contribution in [0.15, 0.2) is 48.5 Å². The van der Waals surface area contributed by atoms with Gasteiger partial charge in [-0.15, -0.1) is 0 Å². The molecular weight excluding hydrogens is 342 g/mol. The van der Waals surface area contributed by atoms with Crippen molar-refractivity contribution >= 4 is 0 Å². The molecule has 4 rings (SSSR count). The van der Waals surface area contributed by atoms with E-state index in [1.54, 1.807) is 11.8 Å². The van der Waals surface area contributed by atoms with E-state index in [2.05, 4.69) is 20.8 Å². The topological polar surface area (TPSA) is 74.1 Å². The molecule has 3 aromatic rings. The van der Waals surface area contributed by atoms with Gasteiger partial charge in [-0.25, -0.2) is 0 Å². The molecule has 27 heavy (non-hydrogen) atoms. The SMILES string of the molecule is COc1cc(CNC2CCCC2)ccc1Oc1nnnn1-c1ccccc1. The zero-order valence-corrected chi connectivity index (χ0v) is 15.3. The molecule has 0 amide bonds. The molecule has 1 saturated carbocycles. The minimum atomic E-state index is 0.288. The summed E-state index contributed by atoms with van der Waals surface area (Å²) in [5.74, 6) is 1.23. The third-order valence-electron chi connectivity index (χ3n) is 4.82. The summed E-state index contributed by atoms with van der Waals surface area (Å²) in [4.78, 5) is 0. The highest BCUT2D eigenvalue weighted by atomic mass is 16.5. The molecule has 7 nitrogen and oxygen atoms in total. The second kappa shape index (κ2) is 8.18. The van der Waals surface area contributed by atoms with Gasteiger partial charge in [-0.2, -0.15) is 4.68 Å². The monoisotopic (exact) mass is 365 g/mol. The Morgan fingerprint density at radius 2 is 1.89 bits per heavy atom. The van der Waals surface area contributed by atoms with E-state index in [9.17, 15) is 0 Å². The fraction of sp³-hybridized carbons (Fsp3) is 0.350. The van der Waals surface area contributed by atoms with E-state index in [0.29, 0.717) is 17.5 Å². The number of hydrogen-bond donors (Lipinski definition) is 1. The van der Waals surface area contributed by atoms with Gasteiger partial charge in [0.25, 0.3) is 0 Å². The van der Waals surface area contributed by atoms with E-state index in [1.165, 1.54) is 25.7 Å². The fourth-order valence-corrected chi connectivity index (χ4v) is 3.37. The fourth-order valence-electron chi connectivity index (χ4n) is 3.37. The number of ether oxygens (including phenoxy) is 2. The van der Waals surface area contributed by atoms with Crippen molar-refractivity contribution in [2.45, 2.75) is 38.3 Å². The normalized spacial score (nSPS) is 14.4. The van der Waals surface area contributed by atoms with E-state index < -0.39 is 0 Å². The van der Waals surface area contributed by atoms with Gasteiger partial charge in [-0.3, -0.25) is 0 Å². The van der Waals surface area contributed by atoms with Gasteiger partial charge in [-0.05, 0) is 53.1 Å². The van der Waals surface area contributed by atoms with Crippen molar-refractivity contribution in [2.75, 3.05) is 7.11 Å². The smallest absolute Gasteiger partial charge is 0.346 e. The van der Waals surface area contributed by atoms with Crippen molar-refractivity contribution in [3.63, 3.8) is 0 Å². The molecule has 1 N–H and O–H groups in total. The van der Waals surface area contributed by atoms with Crippen LogP contribution in [0.25, 0.3) is 5.69 Å². The molecule has 0 aliphatic heterocycles. The third-order valence-corrected chi connectivity index (χ3v) is 4.82. The Bertz CT molecular complexity index is 875. The van der Waals surface area contributed by atoms with Crippen LogP contribution < -0.4 is 14.8 Å². The molecule has 0 saturated heterocycles. The second-order valence-electron chi connectivity index (χ2n) is 6.66. The van der Waals surface area contributed by atoms with Crippen LogP contribution in [0.3, 0.4) is 0 Å². The molecule has 140 valence electrons. The highest BCUT2D eigenvalue weighted by Gasteiger charge is 2.16. The first kappa shape index (κ1) is 17.5. The number of nitrogens with zero attached hydrogens (tertiary/aromatic N) is 4. The number of tetrazole rings is 1. The van der Waals surface area contributed by atoms with Gasteiger partial charge in [0.05, 0.1) is 12.8 Å². The second-order valence-corrected chi connectivity index (χ2v) is 6.66. The average Bonchev–Trinajstić information content (AvgIpc) is 3.40. The summed E-state index contributed by atoms with van der Waals surface area (Å²) in [6, 6.07) is 16.5. The number of methoxy groups -OCH3 is 1. The van der Waals surface area contributed by atoms with Gasteiger partial charge in [0.1, 0.15) is 0 Å². The van der Waals surface area contributed by atoms with Crippen molar-refractivity contribution < 1.29 is 9.47 Å². The summed E-state index contributed by atoms with van der Waals surface area (Å²) >= 11 is 0. The maximum atomic E-state index is 5.94. The highest BCUT2D eigenvalue weighted by molar-refractivity contribution is 5.44. The molecule has 1 aromatic heterocycles. The Morgan fingerprint density at radius 3 is 2.67 bits per heavy atom. The van der Waals surface area contributed by atoms with Crippen LogP contribution in [0.4, 0.5) is 0 Å². The van der Waals surface area contributed by atoms with Gasteiger partial charge >= 0.3 is 6.01 Å². The molecule has 0 unspecified atom stereocenters. The maximum absolute atomic E-state index is 5.94. The van der Waals surface area contributed by atoms with E-state index in [0.717, 1.165) is 17.8 Å². The maximum Gasteiger partial charge on any atom is 0.346 e. The zero-order chi connectivity index (χ0) is 18.5. The lowest BCUT2D eigenvalue weighted by molar-refractivity contribution is 0.362. The van der Waals surface area contributed by atoms with E-state index in [-0.39, 0.29) is 6.01 Å². The van der Waals surface area contributed by atoms with Crippen molar-refractivity contribution in [3.05, 3.63) is 54.1 Å².